The van der Waals surface area contributed by atoms with E-state index in [-0.39, 0.29) is 0 Å². The van der Waals surface area contributed by atoms with Crippen molar-refractivity contribution in [3.63, 3.8) is 0 Å². The van der Waals surface area contributed by atoms with E-state index in [4.69, 9.17) is 0 Å². The Morgan fingerprint density at radius 1 is 1.18 bits per heavy atom. The minimum atomic E-state index is 0.643. The van der Waals surface area contributed by atoms with Crippen LogP contribution in [-0.2, 0) is 6.42 Å². The van der Waals surface area contributed by atoms with Crippen LogP contribution in [0.2, 0.25) is 0 Å². The molecule has 17 heavy (non-hydrogen) atoms. The third-order valence-electron chi connectivity index (χ3n) is 3.88. The van der Waals surface area contributed by atoms with Gasteiger partial charge in [-0.25, -0.2) is 0 Å². The summed E-state index contributed by atoms with van der Waals surface area (Å²) in [6, 6.07) is 11.5. The molecule has 1 aromatic rings. The lowest BCUT2D eigenvalue weighted by Gasteiger charge is -2.33. The van der Waals surface area contributed by atoms with E-state index < -0.39 is 0 Å². The number of nitrogens with zero attached hydrogens (tertiary/aromatic N) is 1. The van der Waals surface area contributed by atoms with E-state index in [1.165, 1.54) is 44.5 Å². The van der Waals surface area contributed by atoms with E-state index in [1.54, 1.807) is 0 Å². The first-order valence-electron chi connectivity index (χ1n) is 6.90. The molecule has 1 saturated carbocycles. The van der Waals surface area contributed by atoms with Crippen molar-refractivity contribution >= 4 is 0 Å². The molecule has 2 fully saturated rings. The molecule has 0 radical (unpaired) electrons. The summed E-state index contributed by atoms with van der Waals surface area (Å²) < 4.78 is 0. The fraction of sp³-hybridized carbons (Fsp3) is 0.600. The molecule has 0 spiro atoms. The molecule has 1 saturated heterocycles. The Morgan fingerprint density at radius 3 is 2.76 bits per heavy atom. The average Bonchev–Trinajstić information content (AvgIpc) is 3.15. The largest absolute Gasteiger partial charge is 0.311 e. The molecule has 92 valence electrons. The summed E-state index contributed by atoms with van der Waals surface area (Å²) in [6.07, 6.45) is 4.10. The fourth-order valence-corrected chi connectivity index (χ4v) is 2.76. The van der Waals surface area contributed by atoms with Gasteiger partial charge in [-0.3, -0.25) is 0 Å². The summed E-state index contributed by atoms with van der Waals surface area (Å²) in [7, 11) is 0. The Kier molecular flexibility index (Phi) is 3.44. The van der Waals surface area contributed by atoms with E-state index in [1.807, 2.05) is 0 Å². The summed E-state index contributed by atoms with van der Waals surface area (Å²) >= 11 is 0. The first-order valence-corrected chi connectivity index (χ1v) is 6.90. The highest BCUT2D eigenvalue weighted by atomic mass is 15.2. The van der Waals surface area contributed by atoms with Crippen molar-refractivity contribution in [2.45, 2.75) is 25.3 Å². The highest BCUT2D eigenvalue weighted by Crippen LogP contribution is 2.29. The van der Waals surface area contributed by atoms with Crippen LogP contribution in [0.1, 0.15) is 18.4 Å². The molecule has 1 aliphatic carbocycles. The smallest absolute Gasteiger partial charge is 0.0235 e. The average molecular weight is 230 g/mol. The topological polar surface area (TPSA) is 15.3 Å². The highest BCUT2D eigenvalue weighted by molar-refractivity contribution is 5.16. The normalized spacial score (nSPS) is 26.0. The summed E-state index contributed by atoms with van der Waals surface area (Å²) in [5.41, 5.74) is 1.46. The van der Waals surface area contributed by atoms with Gasteiger partial charge in [-0.2, -0.15) is 0 Å². The van der Waals surface area contributed by atoms with Crippen molar-refractivity contribution in [2.75, 3.05) is 26.2 Å². The third kappa shape index (κ3) is 3.30. The highest BCUT2D eigenvalue weighted by Gasteiger charge is 2.27. The van der Waals surface area contributed by atoms with Crippen molar-refractivity contribution in [2.24, 2.45) is 5.92 Å². The minimum absolute atomic E-state index is 0.643. The van der Waals surface area contributed by atoms with Gasteiger partial charge in [-0.05, 0) is 30.7 Å². The Hall–Kier alpha value is -0.860. The molecule has 1 unspecified atom stereocenters. The number of benzene rings is 1. The molecule has 2 aliphatic rings. The van der Waals surface area contributed by atoms with Crippen LogP contribution < -0.4 is 5.32 Å². The van der Waals surface area contributed by atoms with Crippen molar-refractivity contribution in [1.82, 2.24) is 10.2 Å². The van der Waals surface area contributed by atoms with E-state index >= 15 is 0 Å². The van der Waals surface area contributed by atoms with Crippen molar-refractivity contribution in [3.8, 4) is 0 Å². The van der Waals surface area contributed by atoms with Gasteiger partial charge in [-0.1, -0.05) is 30.3 Å². The van der Waals surface area contributed by atoms with Gasteiger partial charge in [0.25, 0.3) is 0 Å². The molecule has 2 heteroatoms. The van der Waals surface area contributed by atoms with E-state index in [0.717, 1.165) is 12.5 Å². The summed E-state index contributed by atoms with van der Waals surface area (Å²) in [5, 5.41) is 3.65. The van der Waals surface area contributed by atoms with Crippen LogP contribution in [0.4, 0.5) is 0 Å². The van der Waals surface area contributed by atoms with Gasteiger partial charge in [0, 0.05) is 32.2 Å². The molecule has 1 heterocycles. The summed E-state index contributed by atoms with van der Waals surface area (Å²) in [5.74, 6) is 1.02. The van der Waals surface area contributed by atoms with Crippen LogP contribution in [0.5, 0.6) is 0 Å². The Morgan fingerprint density at radius 2 is 2.00 bits per heavy atom. The maximum atomic E-state index is 3.65. The first-order chi connectivity index (χ1) is 8.40. The zero-order valence-electron chi connectivity index (χ0n) is 10.4. The van der Waals surface area contributed by atoms with Gasteiger partial charge >= 0.3 is 0 Å². The second kappa shape index (κ2) is 5.19. The van der Waals surface area contributed by atoms with Gasteiger partial charge in [-0.15, -0.1) is 0 Å². The minimum Gasteiger partial charge on any atom is -0.311 e. The Balaban J connectivity index is 1.52. The SMILES string of the molecule is c1ccc(CC2CN(CC3CC3)CCN2)cc1. The maximum Gasteiger partial charge on any atom is 0.0235 e. The van der Waals surface area contributed by atoms with Gasteiger partial charge in [0.15, 0.2) is 0 Å². The molecule has 2 nitrogen and oxygen atoms in total. The predicted octanol–water partition coefficient (Wildman–Crippen LogP) is 1.91. The van der Waals surface area contributed by atoms with Crippen molar-refractivity contribution in [3.05, 3.63) is 35.9 Å². The predicted molar refractivity (Wildman–Crippen MR) is 71.1 cm³/mol. The first kappa shape index (κ1) is 11.2. The van der Waals surface area contributed by atoms with E-state index in [2.05, 4.69) is 40.5 Å². The molecule has 1 aromatic carbocycles. The zero-order valence-corrected chi connectivity index (χ0v) is 10.4. The van der Waals surface area contributed by atoms with Crippen LogP contribution in [0.3, 0.4) is 0 Å². The van der Waals surface area contributed by atoms with Crippen LogP contribution in [0.25, 0.3) is 0 Å². The van der Waals surface area contributed by atoms with Gasteiger partial charge in [0.05, 0.1) is 0 Å². The summed E-state index contributed by atoms with van der Waals surface area (Å²) in [6.45, 7) is 4.96. The monoisotopic (exact) mass is 230 g/mol. The Bertz CT molecular complexity index is 345. The molecule has 0 aromatic heterocycles. The van der Waals surface area contributed by atoms with E-state index in [0.29, 0.717) is 6.04 Å². The second-order valence-corrected chi connectivity index (χ2v) is 5.54. The van der Waals surface area contributed by atoms with Crippen LogP contribution >= 0.6 is 0 Å². The van der Waals surface area contributed by atoms with Crippen LogP contribution in [0, 0.1) is 5.92 Å². The van der Waals surface area contributed by atoms with Gasteiger partial charge in [0.1, 0.15) is 0 Å². The number of nitrogens with one attached hydrogen (secondary N) is 1. The van der Waals surface area contributed by atoms with Gasteiger partial charge < -0.3 is 10.2 Å². The summed E-state index contributed by atoms with van der Waals surface area (Å²) in [4.78, 5) is 2.65. The Labute approximate surface area is 104 Å². The molecule has 1 N–H and O–H groups in total. The van der Waals surface area contributed by atoms with E-state index in [9.17, 15) is 0 Å². The quantitative estimate of drug-likeness (QED) is 0.850. The molecule has 1 aliphatic heterocycles. The number of hydrogen-bond donors (Lipinski definition) is 1. The number of piperazine rings is 1. The number of hydrogen-bond acceptors (Lipinski definition) is 2. The lowest BCUT2D eigenvalue weighted by atomic mass is 10.0. The third-order valence-corrected chi connectivity index (χ3v) is 3.88. The standard InChI is InChI=1S/C15H22N2/c1-2-4-13(5-3-1)10-15-12-17(9-8-16-15)11-14-6-7-14/h1-5,14-16H,6-12H2. The number of rotatable bonds is 4. The molecule has 3 rings (SSSR count). The molecule has 0 bridgehead atoms. The van der Waals surface area contributed by atoms with Gasteiger partial charge in [0.2, 0.25) is 0 Å². The van der Waals surface area contributed by atoms with Crippen molar-refractivity contribution < 1.29 is 0 Å². The van der Waals surface area contributed by atoms with Crippen molar-refractivity contribution in [1.29, 1.82) is 0 Å². The lowest BCUT2D eigenvalue weighted by Crippen LogP contribution is -2.51. The lowest BCUT2D eigenvalue weighted by molar-refractivity contribution is 0.192. The molecular formula is C15H22N2. The molecular weight excluding hydrogens is 208 g/mol. The maximum absolute atomic E-state index is 3.65. The second-order valence-electron chi connectivity index (χ2n) is 5.54. The van der Waals surface area contributed by atoms with Crippen LogP contribution in [0.15, 0.2) is 30.3 Å². The molecule has 0 amide bonds. The fourth-order valence-electron chi connectivity index (χ4n) is 2.76. The molecule has 1 atom stereocenters. The van der Waals surface area contributed by atoms with Crippen LogP contribution in [-0.4, -0.2) is 37.1 Å². The zero-order chi connectivity index (χ0) is 11.5.